The van der Waals surface area contributed by atoms with Crippen molar-refractivity contribution in [2.75, 3.05) is 6.61 Å². The van der Waals surface area contributed by atoms with Crippen LogP contribution >= 0.6 is 12.2 Å². The van der Waals surface area contributed by atoms with Crippen molar-refractivity contribution in [2.24, 2.45) is 0 Å². The van der Waals surface area contributed by atoms with E-state index in [1.54, 1.807) is 0 Å². The summed E-state index contributed by atoms with van der Waals surface area (Å²) in [7, 11) is 0. The van der Waals surface area contributed by atoms with Crippen LogP contribution in [0.1, 0.15) is 76.0 Å². The number of aromatic amines is 1. The van der Waals surface area contributed by atoms with Crippen LogP contribution in [0.2, 0.25) is 0 Å². The smallest absolute Gasteiger partial charge is 0.258 e. The molecule has 0 radical (unpaired) electrons. The van der Waals surface area contributed by atoms with Crippen molar-refractivity contribution in [3.05, 3.63) is 50.5 Å². The van der Waals surface area contributed by atoms with Gasteiger partial charge in [-0.05, 0) is 63.7 Å². The third-order valence-electron chi connectivity index (χ3n) is 7.33. The van der Waals surface area contributed by atoms with Gasteiger partial charge in [0, 0.05) is 29.2 Å². The van der Waals surface area contributed by atoms with Gasteiger partial charge in [-0.25, -0.2) is 0 Å². The second kappa shape index (κ2) is 6.92. The minimum atomic E-state index is -0.227. The van der Waals surface area contributed by atoms with Gasteiger partial charge in [0.2, 0.25) is 0 Å². The van der Waals surface area contributed by atoms with E-state index in [0.29, 0.717) is 11.4 Å². The SMILES string of the molecule is CC1(C)C[C@@H](n2c(=S)[nH]c3c(c2=O)C2(CCCCC2)Cc2ccccc2-3)CCO1. The number of ether oxygens (including phenoxy) is 1. The number of H-pyrrole nitrogens is 1. The quantitative estimate of drug-likeness (QED) is 0.635. The number of rotatable bonds is 1. The molecule has 0 amide bonds. The predicted molar refractivity (Wildman–Crippen MR) is 118 cm³/mol. The zero-order valence-electron chi connectivity index (χ0n) is 17.4. The minimum Gasteiger partial charge on any atom is -0.375 e. The highest BCUT2D eigenvalue weighted by Gasteiger charge is 2.43. The summed E-state index contributed by atoms with van der Waals surface area (Å²) in [6, 6.07) is 8.62. The summed E-state index contributed by atoms with van der Waals surface area (Å²) in [5.41, 5.74) is 4.33. The van der Waals surface area contributed by atoms with Crippen LogP contribution in [0.4, 0.5) is 0 Å². The Labute approximate surface area is 177 Å². The van der Waals surface area contributed by atoms with Crippen LogP contribution in [-0.2, 0) is 16.6 Å². The summed E-state index contributed by atoms with van der Waals surface area (Å²) in [6.45, 7) is 4.88. The Morgan fingerprint density at radius 1 is 1.17 bits per heavy atom. The molecule has 0 unspecified atom stereocenters. The molecule has 1 atom stereocenters. The Bertz CT molecular complexity index is 1060. The van der Waals surface area contributed by atoms with Crippen molar-refractivity contribution in [3.8, 4) is 11.3 Å². The van der Waals surface area contributed by atoms with Gasteiger partial charge in [0.05, 0.1) is 11.3 Å². The molecule has 2 aromatic rings. The molecule has 5 heteroatoms. The minimum absolute atomic E-state index is 0.0546. The average Bonchev–Trinajstić information content (AvgIpc) is 2.67. The van der Waals surface area contributed by atoms with Gasteiger partial charge >= 0.3 is 0 Å². The summed E-state index contributed by atoms with van der Waals surface area (Å²) < 4.78 is 8.35. The summed E-state index contributed by atoms with van der Waals surface area (Å²) in [5, 5.41) is 0. The third kappa shape index (κ3) is 3.14. The lowest BCUT2D eigenvalue weighted by Crippen LogP contribution is -2.45. The van der Waals surface area contributed by atoms with Crippen LogP contribution in [-0.4, -0.2) is 21.8 Å². The second-order valence-electron chi connectivity index (χ2n) is 9.78. The van der Waals surface area contributed by atoms with Crippen molar-refractivity contribution in [1.82, 2.24) is 9.55 Å². The molecule has 3 aliphatic rings. The van der Waals surface area contributed by atoms with Gasteiger partial charge < -0.3 is 9.72 Å². The number of fused-ring (bicyclic) bond motifs is 4. The largest absolute Gasteiger partial charge is 0.375 e. The summed E-state index contributed by atoms with van der Waals surface area (Å²) in [6.07, 6.45) is 8.46. The molecule has 154 valence electrons. The van der Waals surface area contributed by atoms with Gasteiger partial charge in [-0.2, -0.15) is 0 Å². The standard InChI is InChI=1S/C24H30N2O2S/c1-23(2)15-17(10-13-28-23)26-21(27)19-20(25-22(26)29)18-9-5-4-8-16(18)14-24(19)11-6-3-7-12-24/h4-5,8-9,17H,3,6-7,10-15H2,1-2H3,(H,25,29)/t17-/m0/s1. The fourth-order valence-electron chi connectivity index (χ4n) is 6.02. The van der Waals surface area contributed by atoms with E-state index < -0.39 is 0 Å². The lowest BCUT2D eigenvalue weighted by atomic mass is 9.62. The number of benzene rings is 1. The molecule has 2 fully saturated rings. The van der Waals surface area contributed by atoms with E-state index in [2.05, 4.69) is 43.1 Å². The van der Waals surface area contributed by atoms with Crippen LogP contribution in [0.15, 0.2) is 29.1 Å². The topological polar surface area (TPSA) is 47.0 Å². The van der Waals surface area contributed by atoms with E-state index in [9.17, 15) is 4.79 Å². The Morgan fingerprint density at radius 3 is 2.69 bits per heavy atom. The molecule has 2 aliphatic carbocycles. The maximum Gasteiger partial charge on any atom is 0.258 e. The fourth-order valence-corrected chi connectivity index (χ4v) is 6.36. The number of aromatic nitrogens is 2. The monoisotopic (exact) mass is 410 g/mol. The van der Waals surface area contributed by atoms with E-state index in [-0.39, 0.29) is 22.6 Å². The van der Waals surface area contributed by atoms with E-state index >= 15 is 0 Å². The van der Waals surface area contributed by atoms with E-state index in [1.807, 2.05) is 4.57 Å². The number of hydrogen-bond acceptors (Lipinski definition) is 3. The first-order valence-corrected chi connectivity index (χ1v) is 11.4. The first-order valence-electron chi connectivity index (χ1n) is 11.0. The highest BCUT2D eigenvalue weighted by atomic mass is 32.1. The molecular weight excluding hydrogens is 380 g/mol. The van der Waals surface area contributed by atoms with Crippen molar-refractivity contribution in [1.29, 1.82) is 0 Å². The first-order chi connectivity index (χ1) is 13.9. The summed E-state index contributed by atoms with van der Waals surface area (Å²) >= 11 is 5.77. The molecule has 1 N–H and O–H groups in total. The van der Waals surface area contributed by atoms with Crippen LogP contribution in [0.25, 0.3) is 11.3 Å². The molecule has 29 heavy (non-hydrogen) atoms. The predicted octanol–water partition coefficient (Wildman–Crippen LogP) is 5.46. The number of nitrogens with one attached hydrogen (secondary N) is 1. The molecule has 1 aliphatic heterocycles. The molecule has 1 spiro atoms. The zero-order chi connectivity index (χ0) is 20.2. The summed E-state index contributed by atoms with van der Waals surface area (Å²) in [5.74, 6) is 0. The van der Waals surface area contributed by atoms with E-state index in [4.69, 9.17) is 17.0 Å². The molecule has 1 saturated carbocycles. The average molecular weight is 411 g/mol. The summed E-state index contributed by atoms with van der Waals surface area (Å²) in [4.78, 5) is 17.6. The van der Waals surface area contributed by atoms with Crippen LogP contribution in [0.3, 0.4) is 0 Å². The van der Waals surface area contributed by atoms with E-state index in [1.165, 1.54) is 24.8 Å². The zero-order valence-corrected chi connectivity index (χ0v) is 18.2. The molecule has 0 bridgehead atoms. The Hall–Kier alpha value is -1.72. The van der Waals surface area contributed by atoms with Crippen molar-refractivity contribution < 1.29 is 4.74 Å². The maximum absolute atomic E-state index is 14.1. The third-order valence-corrected chi connectivity index (χ3v) is 7.62. The molecule has 1 aromatic heterocycles. The van der Waals surface area contributed by atoms with Crippen LogP contribution < -0.4 is 5.56 Å². The van der Waals surface area contributed by atoms with Crippen molar-refractivity contribution in [2.45, 2.75) is 82.3 Å². The molecule has 4 nitrogen and oxygen atoms in total. The first kappa shape index (κ1) is 19.3. The van der Waals surface area contributed by atoms with Gasteiger partial charge in [0.15, 0.2) is 4.77 Å². The Kier molecular flexibility index (Phi) is 4.59. The van der Waals surface area contributed by atoms with Gasteiger partial charge in [-0.3, -0.25) is 9.36 Å². The second-order valence-corrected chi connectivity index (χ2v) is 10.2. The van der Waals surface area contributed by atoms with E-state index in [0.717, 1.165) is 48.9 Å². The van der Waals surface area contributed by atoms with Gasteiger partial charge in [-0.15, -0.1) is 0 Å². The lowest BCUT2D eigenvalue weighted by molar-refractivity contribution is -0.0699. The normalized spacial score (nSPS) is 24.7. The van der Waals surface area contributed by atoms with Gasteiger partial charge in [-0.1, -0.05) is 43.5 Å². The Balaban J connectivity index is 1.74. The number of hydrogen-bond donors (Lipinski definition) is 1. The lowest BCUT2D eigenvalue weighted by Gasteiger charge is -2.43. The maximum atomic E-state index is 14.1. The Morgan fingerprint density at radius 2 is 1.93 bits per heavy atom. The molecule has 2 heterocycles. The number of nitrogens with zero attached hydrogens (tertiary/aromatic N) is 1. The van der Waals surface area contributed by atoms with Gasteiger partial charge in [0.1, 0.15) is 0 Å². The molecule has 1 saturated heterocycles. The highest BCUT2D eigenvalue weighted by molar-refractivity contribution is 7.71. The highest BCUT2D eigenvalue weighted by Crippen LogP contribution is 2.48. The van der Waals surface area contributed by atoms with Gasteiger partial charge in [0.25, 0.3) is 5.56 Å². The van der Waals surface area contributed by atoms with Crippen molar-refractivity contribution >= 4 is 12.2 Å². The molecular formula is C24H30N2O2S. The van der Waals surface area contributed by atoms with Crippen molar-refractivity contribution in [3.63, 3.8) is 0 Å². The van der Waals surface area contributed by atoms with Crippen LogP contribution in [0, 0.1) is 4.77 Å². The van der Waals surface area contributed by atoms with Crippen LogP contribution in [0.5, 0.6) is 0 Å². The molecule has 5 rings (SSSR count). The fraction of sp³-hybridized carbons (Fsp3) is 0.583. The molecule has 1 aromatic carbocycles.